The molecule has 0 unspecified atom stereocenters. The lowest BCUT2D eigenvalue weighted by atomic mass is 10.0. The van der Waals surface area contributed by atoms with Gasteiger partial charge in [0.1, 0.15) is 11.2 Å². The van der Waals surface area contributed by atoms with E-state index in [0.29, 0.717) is 12.8 Å². The minimum atomic E-state index is -0.760. The molecule has 0 saturated heterocycles. The summed E-state index contributed by atoms with van der Waals surface area (Å²) < 4.78 is 6.24. The molecule has 5 nitrogen and oxygen atoms in total. The number of carboxylic acid groups (broad SMARTS) is 2. The van der Waals surface area contributed by atoms with Crippen molar-refractivity contribution in [1.82, 2.24) is 0 Å². The Labute approximate surface area is 157 Å². The predicted octanol–water partition coefficient (Wildman–Crippen LogP) is 5.18. The van der Waals surface area contributed by atoms with Gasteiger partial charge in [-0.2, -0.15) is 0 Å². The van der Waals surface area contributed by atoms with Gasteiger partial charge in [0.15, 0.2) is 0 Å². The highest BCUT2D eigenvalue weighted by atomic mass is 16.4. The van der Waals surface area contributed by atoms with Crippen molar-refractivity contribution in [3.05, 3.63) is 47.5 Å². The van der Waals surface area contributed by atoms with E-state index in [0.717, 1.165) is 58.7 Å². The summed E-state index contributed by atoms with van der Waals surface area (Å²) in [6, 6.07) is 12.2. The number of fused-ring (bicyclic) bond motifs is 3. The number of carbonyl (C=O) groups is 2. The Balaban J connectivity index is 1.82. The smallest absolute Gasteiger partial charge is 0.303 e. The van der Waals surface area contributed by atoms with Crippen LogP contribution in [-0.2, 0) is 22.4 Å². The minimum absolute atomic E-state index is 0.191. The number of hydrogen-bond donors (Lipinski definition) is 2. The van der Waals surface area contributed by atoms with Crippen LogP contribution in [0.4, 0.5) is 0 Å². The topological polar surface area (TPSA) is 87.7 Å². The summed E-state index contributed by atoms with van der Waals surface area (Å²) in [6.45, 7) is 0. The standard InChI is InChI=1S/C22H24O5/c23-19(24)13-3-1-7-15-9-5-11-17-18-12-6-10-16(22(18)27-21(15)17)8-2-4-14-20(25)26/h5-6,9-12H,1-4,7-8,13-14H2,(H,23,24)(H,25,26). The normalized spacial score (nSPS) is 11.3. The maximum absolute atomic E-state index is 10.7. The fourth-order valence-corrected chi connectivity index (χ4v) is 3.51. The highest BCUT2D eigenvalue weighted by Crippen LogP contribution is 2.34. The van der Waals surface area contributed by atoms with Crippen LogP contribution < -0.4 is 0 Å². The molecule has 0 spiro atoms. The summed E-state index contributed by atoms with van der Waals surface area (Å²) >= 11 is 0. The van der Waals surface area contributed by atoms with E-state index < -0.39 is 11.9 Å². The molecule has 0 bridgehead atoms. The molecule has 1 aromatic heterocycles. The molecule has 0 amide bonds. The fourth-order valence-electron chi connectivity index (χ4n) is 3.51. The first-order valence-electron chi connectivity index (χ1n) is 9.42. The summed E-state index contributed by atoms with van der Waals surface area (Å²) in [5.74, 6) is -1.52. The molecule has 0 aliphatic carbocycles. The Hall–Kier alpha value is -2.82. The molecule has 0 aliphatic heterocycles. The molecule has 2 aromatic carbocycles. The van der Waals surface area contributed by atoms with Crippen LogP contribution in [0.25, 0.3) is 21.9 Å². The molecular formula is C22H24O5. The molecule has 0 atom stereocenters. The van der Waals surface area contributed by atoms with E-state index in [1.165, 1.54) is 0 Å². The van der Waals surface area contributed by atoms with Gasteiger partial charge in [-0.15, -0.1) is 0 Å². The van der Waals surface area contributed by atoms with E-state index in [-0.39, 0.29) is 12.8 Å². The number of unbranched alkanes of at least 4 members (excludes halogenated alkanes) is 2. The maximum Gasteiger partial charge on any atom is 0.303 e. The summed E-state index contributed by atoms with van der Waals surface area (Å²) in [7, 11) is 0. The molecule has 142 valence electrons. The van der Waals surface area contributed by atoms with Crippen LogP contribution in [0.3, 0.4) is 0 Å². The third-order valence-corrected chi connectivity index (χ3v) is 4.86. The number of benzene rings is 2. The molecule has 3 aromatic rings. The second kappa shape index (κ2) is 8.71. The molecule has 27 heavy (non-hydrogen) atoms. The van der Waals surface area contributed by atoms with Crippen molar-refractivity contribution in [2.24, 2.45) is 0 Å². The maximum atomic E-state index is 10.7. The predicted molar refractivity (Wildman–Crippen MR) is 104 cm³/mol. The molecule has 1 heterocycles. The first-order chi connectivity index (χ1) is 13.1. The van der Waals surface area contributed by atoms with Gasteiger partial charge in [-0.3, -0.25) is 9.59 Å². The summed E-state index contributed by atoms with van der Waals surface area (Å²) in [5, 5.41) is 19.7. The second-order valence-electron chi connectivity index (χ2n) is 6.89. The monoisotopic (exact) mass is 368 g/mol. The molecule has 0 aliphatic rings. The summed E-state index contributed by atoms with van der Waals surface area (Å²) in [4.78, 5) is 21.3. The van der Waals surface area contributed by atoms with Crippen LogP contribution in [0.2, 0.25) is 0 Å². The highest BCUT2D eigenvalue weighted by Gasteiger charge is 2.13. The van der Waals surface area contributed by atoms with Crippen molar-refractivity contribution in [1.29, 1.82) is 0 Å². The number of carboxylic acids is 2. The number of aryl methyl sites for hydroxylation is 2. The van der Waals surface area contributed by atoms with Crippen LogP contribution >= 0.6 is 0 Å². The average Bonchev–Trinajstić information content (AvgIpc) is 3.02. The Bertz CT molecular complexity index is 878. The zero-order valence-electron chi connectivity index (χ0n) is 15.2. The Morgan fingerprint density at radius 3 is 1.56 bits per heavy atom. The summed E-state index contributed by atoms with van der Waals surface area (Å²) in [5.41, 5.74) is 3.96. The van der Waals surface area contributed by atoms with Crippen LogP contribution in [0.15, 0.2) is 40.8 Å². The number of hydrogen-bond acceptors (Lipinski definition) is 3. The lowest BCUT2D eigenvalue weighted by molar-refractivity contribution is -0.138. The first-order valence-corrected chi connectivity index (χ1v) is 9.42. The molecule has 0 fully saturated rings. The summed E-state index contributed by atoms with van der Waals surface area (Å²) in [6.07, 6.45) is 4.89. The van der Waals surface area contributed by atoms with Crippen LogP contribution in [0.1, 0.15) is 49.7 Å². The molecule has 3 rings (SSSR count). The molecule has 2 N–H and O–H groups in total. The van der Waals surface area contributed by atoms with Gasteiger partial charge in [0.2, 0.25) is 0 Å². The van der Waals surface area contributed by atoms with E-state index in [9.17, 15) is 9.59 Å². The Kier molecular flexibility index (Phi) is 6.12. The van der Waals surface area contributed by atoms with E-state index in [2.05, 4.69) is 12.1 Å². The average molecular weight is 368 g/mol. The van der Waals surface area contributed by atoms with Crippen molar-refractivity contribution >= 4 is 33.9 Å². The van der Waals surface area contributed by atoms with E-state index in [1.54, 1.807) is 0 Å². The lowest BCUT2D eigenvalue weighted by Gasteiger charge is -2.02. The van der Waals surface area contributed by atoms with Gasteiger partial charge in [0, 0.05) is 23.6 Å². The zero-order chi connectivity index (χ0) is 19.2. The van der Waals surface area contributed by atoms with Crippen molar-refractivity contribution in [3.8, 4) is 0 Å². The van der Waals surface area contributed by atoms with E-state index >= 15 is 0 Å². The van der Waals surface area contributed by atoms with Gasteiger partial charge < -0.3 is 14.6 Å². The van der Waals surface area contributed by atoms with Crippen LogP contribution in [-0.4, -0.2) is 22.2 Å². The van der Waals surface area contributed by atoms with Gasteiger partial charge in [0.05, 0.1) is 0 Å². The van der Waals surface area contributed by atoms with Gasteiger partial charge in [-0.05, 0) is 49.7 Å². The first kappa shape index (κ1) is 19.0. The number of furan rings is 1. The van der Waals surface area contributed by atoms with Gasteiger partial charge in [-0.25, -0.2) is 0 Å². The molecule has 5 heteroatoms. The second-order valence-corrected chi connectivity index (χ2v) is 6.89. The number of para-hydroxylation sites is 2. The Morgan fingerprint density at radius 2 is 1.15 bits per heavy atom. The lowest BCUT2D eigenvalue weighted by Crippen LogP contribution is -1.95. The quantitative estimate of drug-likeness (QED) is 0.481. The molecule has 0 radical (unpaired) electrons. The van der Waals surface area contributed by atoms with Crippen LogP contribution in [0, 0.1) is 0 Å². The number of rotatable bonds is 10. The molecule has 0 saturated carbocycles. The highest BCUT2D eigenvalue weighted by molar-refractivity contribution is 6.06. The zero-order valence-corrected chi connectivity index (χ0v) is 15.2. The van der Waals surface area contributed by atoms with Gasteiger partial charge >= 0.3 is 11.9 Å². The van der Waals surface area contributed by atoms with E-state index in [1.807, 2.05) is 24.3 Å². The molecular weight excluding hydrogens is 344 g/mol. The van der Waals surface area contributed by atoms with Crippen molar-refractivity contribution in [3.63, 3.8) is 0 Å². The van der Waals surface area contributed by atoms with Crippen molar-refractivity contribution < 1.29 is 24.2 Å². The number of aliphatic carboxylic acids is 2. The SMILES string of the molecule is O=C(O)CCCCc1cccc2c1oc1c(CCCCC(=O)O)cccc12. The fraction of sp³-hybridized carbons (Fsp3) is 0.364. The van der Waals surface area contributed by atoms with Crippen LogP contribution in [0.5, 0.6) is 0 Å². The largest absolute Gasteiger partial charge is 0.481 e. The third-order valence-electron chi connectivity index (χ3n) is 4.86. The van der Waals surface area contributed by atoms with Crippen molar-refractivity contribution in [2.75, 3.05) is 0 Å². The van der Waals surface area contributed by atoms with E-state index in [4.69, 9.17) is 14.6 Å². The van der Waals surface area contributed by atoms with Crippen molar-refractivity contribution in [2.45, 2.75) is 51.4 Å². The van der Waals surface area contributed by atoms with Gasteiger partial charge in [-0.1, -0.05) is 36.4 Å². The Morgan fingerprint density at radius 1 is 0.704 bits per heavy atom. The minimum Gasteiger partial charge on any atom is -0.481 e. The van der Waals surface area contributed by atoms with Gasteiger partial charge in [0.25, 0.3) is 0 Å². The third kappa shape index (κ3) is 4.67.